The molecule has 2 aromatic carbocycles. The predicted octanol–water partition coefficient (Wildman–Crippen LogP) is 3.00. The van der Waals surface area contributed by atoms with Gasteiger partial charge in [0.2, 0.25) is 5.91 Å². The molecule has 1 unspecified atom stereocenters. The molecule has 1 amide bonds. The van der Waals surface area contributed by atoms with E-state index in [2.05, 4.69) is 17.0 Å². The number of methoxy groups -OCH3 is 1. The molecule has 2 aromatic rings. The van der Waals surface area contributed by atoms with Gasteiger partial charge in [0.25, 0.3) is 0 Å². The van der Waals surface area contributed by atoms with Gasteiger partial charge in [-0.05, 0) is 43.8 Å². The Morgan fingerprint density at radius 1 is 1.14 bits per heavy atom. The number of piperazine rings is 1. The van der Waals surface area contributed by atoms with E-state index in [1.165, 1.54) is 18.9 Å². The molecular weight excluding hydrogens is 357 g/mol. The number of benzene rings is 2. The predicted molar refractivity (Wildman–Crippen MR) is 109 cm³/mol. The van der Waals surface area contributed by atoms with E-state index in [1.54, 1.807) is 6.07 Å². The van der Waals surface area contributed by atoms with Crippen molar-refractivity contribution in [3.63, 3.8) is 0 Å². The van der Waals surface area contributed by atoms with E-state index in [9.17, 15) is 9.18 Å². The molecule has 5 nitrogen and oxygen atoms in total. The second-order valence-corrected chi connectivity index (χ2v) is 7.21. The minimum atomic E-state index is -0.385. The molecule has 0 bridgehead atoms. The van der Waals surface area contributed by atoms with Crippen molar-refractivity contribution in [1.29, 1.82) is 0 Å². The van der Waals surface area contributed by atoms with Crippen LogP contribution in [0.4, 0.5) is 10.1 Å². The molecule has 150 valence electrons. The molecule has 1 saturated heterocycles. The molecule has 1 aliphatic rings. The van der Waals surface area contributed by atoms with Gasteiger partial charge < -0.3 is 14.5 Å². The minimum absolute atomic E-state index is 0.115. The normalized spacial score (nSPS) is 15.6. The van der Waals surface area contributed by atoms with E-state index in [4.69, 9.17) is 4.74 Å². The fraction of sp³-hybridized carbons (Fsp3) is 0.409. The van der Waals surface area contributed by atoms with Crippen LogP contribution >= 0.6 is 0 Å². The summed E-state index contributed by atoms with van der Waals surface area (Å²) in [5.74, 6) is -0.0413. The largest absolute Gasteiger partial charge is 0.494 e. The minimum Gasteiger partial charge on any atom is -0.494 e. The zero-order valence-corrected chi connectivity index (χ0v) is 16.8. The van der Waals surface area contributed by atoms with Gasteiger partial charge in [-0.2, -0.15) is 0 Å². The number of nitrogens with zero attached hydrogens (tertiary/aromatic N) is 3. The number of ether oxygens (including phenoxy) is 1. The molecule has 0 N–H and O–H groups in total. The van der Waals surface area contributed by atoms with Crippen molar-refractivity contribution in [2.24, 2.45) is 0 Å². The number of halogens is 1. The van der Waals surface area contributed by atoms with Crippen molar-refractivity contribution in [2.45, 2.75) is 19.5 Å². The number of para-hydroxylation sites is 1. The molecule has 0 aliphatic carbocycles. The number of rotatable bonds is 6. The lowest BCUT2D eigenvalue weighted by molar-refractivity contribution is -0.136. The first-order valence-electron chi connectivity index (χ1n) is 9.61. The third-order valence-electron chi connectivity index (χ3n) is 5.38. The maximum absolute atomic E-state index is 13.9. The van der Waals surface area contributed by atoms with Crippen molar-refractivity contribution in [3.8, 4) is 5.75 Å². The van der Waals surface area contributed by atoms with Gasteiger partial charge in [0.15, 0.2) is 11.6 Å². The maximum atomic E-state index is 13.9. The topological polar surface area (TPSA) is 36.0 Å². The van der Waals surface area contributed by atoms with Gasteiger partial charge in [0, 0.05) is 38.4 Å². The average Bonchev–Trinajstić information content (AvgIpc) is 2.73. The molecule has 1 fully saturated rings. The quantitative estimate of drug-likeness (QED) is 0.766. The smallest absolute Gasteiger partial charge is 0.239 e. The lowest BCUT2D eigenvalue weighted by atomic mass is 10.1. The molecule has 6 heteroatoms. The number of amides is 1. The SMILES string of the molecule is COc1ccc(CN(C)C(C)C(=O)N2CCN(c3ccccc3)CC2)cc1F. The van der Waals surface area contributed by atoms with Crippen LogP contribution in [-0.2, 0) is 11.3 Å². The molecule has 1 aliphatic heterocycles. The van der Waals surface area contributed by atoms with Gasteiger partial charge in [0.1, 0.15) is 0 Å². The van der Waals surface area contributed by atoms with Crippen LogP contribution in [0.5, 0.6) is 5.75 Å². The molecule has 0 spiro atoms. The fourth-order valence-electron chi connectivity index (χ4n) is 3.51. The van der Waals surface area contributed by atoms with Crippen molar-refractivity contribution in [3.05, 3.63) is 59.9 Å². The Morgan fingerprint density at radius 3 is 2.43 bits per heavy atom. The van der Waals surface area contributed by atoms with Crippen LogP contribution in [0.25, 0.3) is 0 Å². The second-order valence-electron chi connectivity index (χ2n) is 7.21. The number of carbonyl (C=O) groups is 1. The van der Waals surface area contributed by atoms with Gasteiger partial charge in [-0.25, -0.2) is 4.39 Å². The third kappa shape index (κ3) is 4.62. The molecular formula is C22H28FN3O2. The summed E-state index contributed by atoms with van der Waals surface area (Å²) in [6.45, 7) is 5.49. The number of hydrogen-bond acceptors (Lipinski definition) is 4. The summed E-state index contributed by atoms with van der Waals surface area (Å²) >= 11 is 0. The van der Waals surface area contributed by atoms with Crippen LogP contribution < -0.4 is 9.64 Å². The highest BCUT2D eigenvalue weighted by Gasteiger charge is 2.27. The number of likely N-dealkylation sites (N-methyl/N-ethyl adjacent to an activating group) is 1. The van der Waals surface area contributed by atoms with Crippen LogP contribution in [0, 0.1) is 5.82 Å². The Balaban J connectivity index is 1.54. The van der Waals surface area contributed by atoms with E-state index in [0.717, 1.165) is 18.7 Å². The van der Waals surface area contributed by atoms with Crippen LogP contribution in [0.1, 0.15) is 12.5 Å². The van der Waals surface area contributed by atoms with Gasteiger partial charge in [-0.1, -0.05) is 24.3 Å². The second kappa shape index (κ2) is 9.06. The van der Waals surface area contributed by atoms with E-state index in [1.807, 2.05) is 48.0 Å². The highest BCUT2D eigenvalue weighted by atomic mass is 19.1. The molecule has 0 aromatic heterocycles. The average molecular weight is 385 g/mol. The van der Waals surface area contributed by atoms with E-state index >= 15 is 0 Å². The summed E-state index contributed by atoms with van der Waals surface area (Å²) in [5, 5.41) is 0. The first kappa shape index (κ1) is 20.1. The zero-order valence-electron chi connectivity index (χ0n) is 16.8. The Kier molecular flexibility index (Phi) is 6.52. The summed E-state index contributed by atoms with van der Waals surface area (Å²) in [4.78, 5) is 19.1. The van der Waals surface area contributed by atoms with Crippen LogP contribution in [0.3, 0.4) is 0 Å². The summed E-state index contributed by atoms with van der Waals surface area (Å²) in [7, 11) is 3.34. The first-order valence-corrected chi connectivity index (χ1v) is 9.61. The van der Waals surface area contributed by atoms with Crippen LogP contribution in [-0.4, -0.2) is 62.1 Å². The molecule has 0 saturated carbocycles. The summed E-state index contributed by atoms with van der Waals surface area (Å²) in [6.07, 6.45) is 0. The molecule has 0 radical (unpaired) electrons. The van der Waals surface area contributed by atoms with Crippen LogP contribution in [0.15, 0.2) is 48.5 Å². The highest BCUT2D eigenvalue weighted by Crippen LogP contribution is 2.20. The number of hydrogen-bond donors (Lipinski definition) is 0. The Hall–Kier alpha value is -2.60. The van der Waals surface area contributed by atoms with Crippen molar-refractivity contribution in [1.82, 2.24) is 9.80 Å². The fourth-order valence-corrected chi connectivity index (χ4v) is 3.51. The monoisotopic (exact) mass is 385 g/mol. The van der Waals surface area contributed by atoms with Gasteiger partial charge >= 0.3 is 0 Å². The van der Waals surface area contributed by atoms with E-state index < -0.39 is 0 Å². The van der Waals surface area contributed by atoms with Gasteiger partial charge in [-0.15, -0.1) is 0 Å². The van der Waals surface area contributed by atoms with Crippen molar-refractivity contribution in [2.75, 3.05) is 45.2 Å². The molecule has 1 heterocycles. The zero-order chi connectivity index (χ0) is 20.1. The Bertz CT molecular complexity index is 792. The van der Waals surface area contributed by atoms with Gasteiger partial charge in [0.05, 0.1) is 13.2 Å². The third-order valence-corrected chi connectivity index (χ3v) is 5.38. The summed E-state index contributed by atoms with van der Waals surface area (Å²) in [5.41, 5.74) is 2.01. The highest BCUT2D eigenvalue weighted by molar-refractivity contribution is 5.81. The standard InChI is InChI=1S/C22H28FN3O2/c1-17(24(2)16-18-9-10-21(28-3)20(23)15-18)22(27)26-13-11-25(12-14-26)19-7-5-4-6-8-19/h4-10,15,17H,11-14,16H2,1-3H3. The first-order chi connectivity index (χ1) is 13.5. The van der Waals surface area contributed by atoms with Crippen molar-refractivity contribution >= 4 is 11.6 Å². The molecule has 28 heavy (non-hydrogen) atoms. The van der Waals surface area contributed by atoms with Crippen molar-refractivity contribution < 1.29 is 13.9 Å². The lowest BCUT2D eigenvalue weighted by Crippen LogP contribution is -2.53. The van der Waals surface area contributed by atoms with E-state index in [-0.39, 0.29) is 23.5 Å². The van der Waals surface area contributed by atoms with E-state index in [0.29, 0.717) is 19.6 Å². The summed E-state index contributed by atoms with van der Waals surface area (Å²) < 4.78 is 18.9. The lowest BCUT2D eigenvalue weighted by Gasteiger charge is -2.38. The molecule has 1 atom stereocenters. The van der Waals surface area contributed by atoms with Crippen LogP contribution in [0.2, 0.25) is 0 Å². The van der Waals surface area contributed by atoms with Gasteiger partial charge in [-0.3, -0.25) is 9.69 Å². The maximum Gasteiger partial charge on any atom is 0.239 e. The number of carbonyl (C=O) groups excluding carboxylic acids is 1. The Labute approximate surface area is 166 Å². The number of anilines is 1. The molecule has 3 rings (SSSR count). The summed E-state index contributed by atoms with van der Waals surface area (Å²) in [6, 6.07) is 14.9. The Morgan fingerprint density at radius 2 is 1.82 bits per heavy atom.